The minimum absolute atomic E-state index is 0.0513. The number of aromatic hydroxyl groups is 1. The van der Waals surface area contributed by atoms with Crippen LogP contribution in [0.1, 0.15) is 22.8 Å². The Hall–Kier alpha value is -1.26. The first-order valence-electron chi connectivity index (χ1n) is 4.78. The second-order valence-electron chi connectivity index (χ2n) is 3.54. The molecule has 0 saturated carbocycles. The number of phenolic OH excluding ortho intramolecular Hbond substituents is 1. The molecule has 0 aromatic heterocycles. The smallest absolute Gasteiger partial charge is 0.128 e. The highest BCUT2D eigenvalue weighted by molar-refractivity contribution is 5.53. The normalized spacial score (nSPS) is 12.6. The topological polar surface area (TPSA) is 75.7 Å². The van der Waals surface area contributed by atoms with Crippen molar-refractivity contribution in [2.45, 2.75) is 20.0 Å². The first-order chi connectivity index (χ1) is 7.02. The highest BCUT2D eigenvalue weighted by Gasteiger charge is 2.17. The van der Waals surface area contributed by atoms with E-state index in [-0.39, 0.29) is 12.3 Å². The Morgan fingerprint density at radius 2 is 2.07 bits per heavy atom. The number of phenols is 1. The van der Waals surface area contributed by atoms with Crippen molar-refractivity contribution < 1.29 is 14.9 Å². The Bertz CT molecular complexity index is 363. The van der Waals surface area contributed by atoms with Gasteiger partial charge in [-0.05, 0) is 25.5 Å². The highest BCUT2D eigenvalue weighted by Crippen LogP contribution is 2.36. The molecule has 0 aliphatic heterocycles. The van der Waals surface area contributed by atoms with E-state index < -0.39 is 6.10 Å². The summed E-state index contributed by atoms with van der Waals surface area (Å²) in [6, 6.07) is 1.69. The summed E-state index contributed by atoms with van der Waals surface area (Å²) in [6.45, 7) is 3.69. The predicted molar refractivity (Wildman–Crippen MR) is 58.1 cm³/mol. The van der Waals surface area contributed by atoms with E-state index in [2.05, 4.69) is 0 Å². The van der Waals surface area contributed by atoms with Crippen molar-refractivity contribution in [3.63, 3.8) is 0 Å². The zero-order chi connectivity index (χ0) is 11.6. The van der Waals surface area contributed by atoms with Crippen LogP contribution in [0.15, 0.2) is 6.07 Å². The maximum Gasteiger partial charge on any atom is 0.128 e. The van der Waals surface area contributed by atoms with Crippen molar-refractivity contribution in [3.8, 4) is 11.5 Å². The van der Waals surface area contributed by atoms with Crippen LogP contribution in [-0.2, 0) is 0 Å². The third kappa shape index (κ3) is 2.06. The maximum atomic E-state index is 9.84. The predicted octanol–water partition coefficient (Wildman–Crippen LogP) is 1.01. The van der Waals surface area contributed by atoms with E-state index in [4.69, 9.17) is 10.5 Å². The van der Waals surface area contributed by atoms with Crippen molar-refractivity contribution >= 4 is 0 Å². The molecule has 1 atom stereocenters. The molecule has 1 aromatic carbocycles. The number of aryl methyl sites for hydroxylation is 1. The lowest BCUT2D eigenvalue weighted by atomic mass is 10.00. The molecule has 0 spiro atoms. The third-order valence-electron chi connectivity index (χ3n) is 2.49. The number of ether oxygens (including phenoxy) is 1. The average molecular weight is 211 g/mol. The van der Waals surface area contributed by atoms with Crippen LogP contribution in [0.2, 0.25) is 0 Å². The number of aliphatic hydroxyl groups excluding tert-OH is 1. The quantitative estimate of drug-likeness (QED) is 0.697. The van der Waals surface area contributed by atoms with Crippen LogP contribution in [0.4, 0.5) is 0 Å². The summed E-state index contributed by atoms with van der Waals surface area (Å²) >= 11 is 0. The minimum atomic E-state index is -0.840. The van der Waals surface area contributed by atoms with Gasteiger partial charge in [-0.3, -0.25) is 0 Å². The number of hydrogen-bond acceptors (Lipinski definition) is 4. The van der Waals surface area contributed by atoms with Crippen molar-refractivity contribution in [1.29, 1.82) is 0 Å². The second kappa shape index (κ2) is 4.51. The van der Waals surface area contributed by atoms with Crippen molar-refractivity contribution in [3.05, 3.63) is 22.8 Å². The van der Waals surface area contributed by atoms with E-state index in [0.717, 1.165) is 5.56 Å². The van der Waals surface area contributed by atoms with Crippen LogP contribution in [0.3, 0.4) is 0 Å². The van der Waals surface area contributed by atoms with E-state index in [0.29, 0.717) is 16.9 Å². The fourth-order valence-corrected chi connectivity index (χ4v) is 1.68. The summed E-state index contributed by atoms with van der Waals surface area (Å²) < 4.78 is 5.15. The van der Waals surface area contributed by atoms with Gasteiger partial charge in [0.25, 0.3) is 0 Å². The Balaban J connectivity index is 3.33. The van der Waals surface area contributed by atoms with E-state index in [1.807, 2.05) is 6.92 Å². The molecule has 0 heterocycles. The molecule has 0 aliphatic carbocycles. The molecular formula is C11H17NO3. The summed E-state index contributed by atoms with van der Waals surface area (Å²) in [7, 11) is 1.55. The number of benzene rings is 1. The van der Waals surface area contributed by atoms with E-state index in [1.165, 1.54) is 0 Å². The van der Waals surface area contributed by atoms with E-state index in [1.54, 1.807) is 20.1 Å². The van der Waals surface area contributed by atoms with Crippen molar-refractivity contribution in [2.75, 3.05) is 13.7 Å². The number of hydrogen-bond donors (Lipinski definition) is 3. The monoisotopic (exact) mass is 211 g/mol. The molecule has 4 nitrogen and oxygen atoms in total. The van der Waals surface area contributed by atoms with Crippen LogP contribution in [0, 0.1) is 13.8 Å². The highest BCUT2D eigenvalue weighted by atomic mass is 16.5. The summed E-state index contributed by atoms with van der Waals surface area (Å²) in [5, 5.41) is 19.4. The fraction of sp³-hybridized carbons (Fsp3) is 0.455. The summed E-state index contributed by atoms with van der Waals surface area (Å²) in [4.78, 5) is 0. The standard InChI is InChI=1S/C11H17NO3/c1-6-4-8(9(13)5-12)10(14)7(2)11(6)15-3/h4,9,13-14H,5,12H2,1-3H3. The Morgan fingerprint density at radius 3 is 2.53 bits per heavy atom. The Kier molecular flexibility index (Phi) is 3.55. The lowest BCUT2D eigenvalue weighted by Gasteiger charge is -2.16. The van der Waals surface area contributed by atoms with E-state index in [9.17, 15) is 10.2 Å². The molecule has 0 bridgehead atoms. The number of nitrogens with two attached hydrogens (primary N) is 1. The van der Waals surface area contributed by atoms with Gasteiger partial charge in [-0.2, -0.15) is 0 Å². The summed E-state index contributed by atoms with van der Waals surface area (Å²) in [5.74, 6) is 0.691. The van der Waals surface area contributed by atoms with Crippen LogP contribution in [0.5, 0.6) is 11.5 Å². The van der Waals surface area contributed by atoms with Gasteiger partial charge in [0.1, 0.15) is 11.5 Å². The summed E-state index contributed by atoms with van der Waals surface area (Å²) in [5.41, 5.74) is 7.30. The number of rotatable bonds is 3. The molecular weight excluding hydrogens is 194 g/mol. The van der Waals surface area contributed by atoms with Crippen molar-refractivity contribution in [2.24, 2.45) is 5.73 Å². The van der Waals surface area contributed by atoms with Crippen LogP contribution >= 0.6 is 0 Å². The first kappa shape index (κ1) is 11.8. The van der Waals surface area contributed by atoms with Gasteiger partial charge in [0, 0.05) is 17.7 Å². The molecule has 0 amide bonds. The maximum absolute atomic E-state index is 9.84. The largest absolute Gasteiger partial charge is 0.507 e. The van der Waals surface area contributed by atoms with Crippen molar-refractivity contribution in [1.82, 2.24) is 0 Å². The second-order valence-corrected chi connectivity index (χ2v) is 3.54. The molecule has 1 unspecified atom stereocenters. The van der Waals surface area contributed by atoms with Gasteiger partial charge in [0.15, 0.2) is 0 Å². The average Bonchev–Trinajstić information content (AvgIpc) is 2.23. The molecule has 0 fully saturated rings. The zero-order valence-electron chi connectivity index (χ0n) is 9.24. The number of aliphatic hydroxyl groups is 1. The fourth-order valence-electron chi connectivity index (χ4n) is 1.68. The molecule has 1 aromatic rings. The molecule has 0 aliphatic rings. The van der Waals surface area contributed by atoms with Gasteiger partial charge in [-0.1, -0.05) is 0 Å². The molecule has 4 heteroatoms. The van der Waals surface area contributed by atoms with Crippen LogP contribution < -0.4 is 10.5 Å². The van der Waals surface area contributed by atoms with Gasteiger partial charge in [0.05, 0.1) is 13.2 Å². The SMILES string of the molecule is COc1c(C)cc(C(O)CN)c(O)c1C. The Morgan fingerprint density at radius 1 is 1.47 bits per heavy atom. The van der Waals surface area contributed by atoms with Gasteiger partial charge in [-0.15, -0.1) is 0 Å². The minimum Gasteiger partial charge on any atom is -0.507 e. The van der Waals surface area contributed by atoms with Gasteiger partial charge in [0.2, 0.25) is 0 Å². The van der Waals surface area contributed by atoms with Gasteiger partial charge >= 0.3 is 0 Å². The lowest BCUT2D eigenvalue weighted by molar-refractivity contribution is 0.182. The lowest BCUT2D eigenvalue weighted by Crippen LogP contribution is -2.12. The molecule has 15 heavy (non-hydrogen) atoms. The zero-order valence-corrected chi connectivity index (χ0v) is 9.24. The number of methoxy groups -OCH3 is 1. The van der Waals surface area contributed by atoms with Gasteiger partial charge < -0.3 is 20.7 Å². The molecule has 84 valence electrons. The third-order valence-corrected chi connectivity index (χ3v) is 2.49. The van der Waals surface area contributed by atoms with Crippen LogP contribution in [-0.4, -0.2) is 23.9 Å². The molecule has 4 N–H and O–H groups in total. The first-order valence-corrected chi connectivity index (χ1v) is 4.78. The summed E-state index contributed by atoms with van der Waals surface area (Å²) in [6.07, 6.45) is -0.840. The van der Waals surface area contributed by atoms with E-state index >= 15 is 0 Å². The van der Waals surface area contributed by atoms with Crippen LogP contribution in [0.25, 0.3) is 0 Å². The molecule has 1 rings (SSSR count). The van der Waals surface area contributed by atoms with Gasteiger partial charge in [-0.25, -0.2) is 0 Å². The Labute approximate surface area is 89.3 Å². The molecule has 0 saturated heterocycles. The molecule has 0 radical (unpaired) electrons.